The Morgan fingerprint density at radius 3 is 1.36 bits per heavy atom. The van der Waals surface area contributed by atoms with Gasteiger partial charge in [-0.3, -0.25) is 28.9 Å². The van der Waals surface area contributed by atoms with Gasteiger partial charge in [-0.25, -0.2) is 0 Å². The molecular formula is C46H69ClN6O6. The van der Waals surface area contributed by atoms with Gasteiger partial charge in [0.15, 0.2) is 0 Å². The summed E-state index contributed by atoms with van der Waals surface area (Å²) in [5.74, 6) is -0.812. The number of hydrogen-bond donors (Lipinski definition) is 3. The van der Waals surface area contributed by atoms with Crippen LogP contribution in [0.2, 0.25) is 0 Å². The molecule has 326 valence electrons. The first-order valence-corrected chi connectivity index (χ1v) is 21.6. The molecule has 4 aliphatic heterocycles. The highest BCUT2D eigenvalue weighted by Gasteiger charge is 2.42. The molecule has 0 bridgehead atoms. The number of carbonyl (C=O) groups is 5. The van der Waals surface area contributed by atoms with Crippen molar-refractivity contribution in [2.45, 2.75) is 124 Å². The molecule has 6 aliphatic rings. The number of hydrogen-bond acceptors (Lipinski definition) is 7. The molecule has 4 amide bonds. The summed E-state index contributed by atoms with van der Waals surface area (Å²) in [4.78, 5) is 71.2. The van der Waals surface area contributed by atoms with Gasteiger partial charge in [0.1, 0.15) is 17.2 Å². The van der Waals surface area contributed by atoms with Crippen molar-refractivity contribution in [2.75, 3.05) is 39.3 Å². The van der Waals surface area contributed by atoms with Crippen molar-refractivity contribution < 1.29 is 29.1 Å². The van der Waals surface area contributed by atoms with Gasteiger partial charge in [-0.2, -0.15) is 0 Å². The fourth-order valence-corrected chi connectivity index (χ4v) is 9.23. The zero-order chi connectivity index (χ0) is 42.4. The van der Waals surface area contributed by atoms with Gasteiger partial charge in [-0.1, -0.05) is 59.8 Å². The molecule has 2 saturated heterocycles. The molecule has 59 heavy (non-hydrogen) atoms. The number of amides is 4. The molecule has 2 aliphatic carbocycles. The number of allylic oxidation sites excluding steroid dienone is 4. The summed E-state index contributed by atoms with van der Waals surface area (Å²) in [5.41, 5.74) is 2.87. The van der Waals surface area contributed by atoms with Crippen molar-refractivity contribution in [2.24, 2.45) is 23.7 Å². The van der Waals surface area contributed by atoms with Crippen molar-refractivity contribution in [3.63, 3.8) is 0 Å². The zero-order valence-electron chi connectivity index (χ0n) is 36.6. The normalized spacial score (nSPS) is 25.8. The van der Waals surface area contributed by atoms with Gasteiger partial charge in [0, 0.05) is 43.1 Å². The second-order valence-electron chi connectivity index (χ2n) is 17.9. The van der Waals surface area contributed by atoms with E-state index in [-0.39, 0.29) is 77.6 Å². The Balaban J connectivity index is 0.000000257. The van der Waals surface area contributed by atoms with E-state index in [0.29, 0.717) is 49.6 Å². The molecule has 0 saturated carbocycles. The molecule has 5 unspecified atom stereocenters. The summed E-state index contributed by atoms with van der Waals surface area (Å²) in [5, 5.41) is 15.2. The molecule has 3 N–H and O–H groups in total. The highest BCUT2D eigenvalue weighted by Crippen LogP contribution is 2.35. The van der Waals surface area contributed by atoms with E-state index in [0.717, 1.165) is 44.3 Å². The van der Waals surface area contributed by atoms with E-state index in [1.807, 2.05) is 80.9 Å². The molecule has 6 rings (SSSR count). The molecule has 0 aromatic heterocycles. The predicted molar refractivity (Wildman–Crippen MR) is 235 cm³/mol. The van der Waals surface area contributed by atoms with Crippen LogP contribution in [0.5, 0.6) is 0 Å². The van der Waals surface area contributed by atoms with Crippen LogP contribution in [0.4, 0.5) is 0 Å². The minimum atomic E-state index is -0.806. The average Bonchev–Trinajstić information content (AvgIpc) is 3.18. The van der Waals surface area contributed by atoms with Crippen LogP contribution in [0.3, 0.4) is 0 Å². The minimum Gasteiger partial charge on any atom is -0.480 e. The number of carboxylic acids is 1. The molecular weight excluding hydrogens is 768 g/mol. The van der Waals surface area contributed by atoms with Gasteiger partial charge >= 0.3 is 5.97 Å². The zero-order valence-corrected chi connectivity index (χ0v) is 37.5. The number of carboxylic acid groups (broad SMARTS) is 1. The number of halogens is 1. The van der Waals surface area contributed by atoms with Gasteiger partial charge in [-0.05, 0) is 126 Å². The molecule has 12 nitrogen and oxygen atoms in total. The first kappa shape index (κ1) is 47.7. The number of fused-ring (bicyclic) bond motifs is 2. The van der Waals surface area contributed by atoms with E-state index in [9.17, 15) is 24.0 Å². The quantitative estimate of drug-likeness (QED) is 0.239. The van der Waals surface area contributed by atoms with Gasteiger partial charge in [0.25, 0.3) is 23.6 Å². The van der Waals surface area contributed by atoms with E-state index in [1.165, 1.54) is 5.57 Å². The van der Waals surface area contributed by atoms with Crippen molar-refractivity contribution in [1.29, 1.82) is 0 Å². The van der Waals surface area contributed by atoms with E-state index < -0.39 is 12.0 Å². The topological polar surface area (TPSA) is 143 Å². The van der Waals surface area contributed by atoms with Crippen LogP contribution in [-0.2, 0) is 24.0 Å². The molecule has 4 heterocycles. The van der Waals surface area contributed by atoms with Crippen LogP contribution >= 0.6 is 12.4 Å². The standard InChI is InChI=1S/C23H33N3O4.C23H35N3O2.ClH/c1-14(2)26-20-7-5-6-15(3)18(20)12-19(22(26)28)21(27)24-13-17-8-10-25(11-9-17)16(4)23(29)30;1-15(2)25-11-9-18(10-12-25)14-24-22(27)20-13-19-17(5)7-6-8-21(19)26(16(3)4)23(20)28;/h5-7,12,14,16-18,20H,8-11,13H2,1-4H3,(H,24,27)(H,29,30);6-8,13,15-16,18-19,21H,9-12,14H2,1-5H3,(H,24,27);1H. The van der Waals surface area contributed by atoms with Gasteiger partial charge < -0.3 is 30.4 Å². The van der Waals surface area contributed by atoms with E-state index in [2.05, 4.69) is 48.5 Å². The van der Waals surface area contributed by atoms with E-state index in [1.54, 1.807) is 11.8 Å². The molecule has 0 aromatic rings. The average molecular weight is 838 g/mol. The lowest BCUT2D eigenvalue weighted by Crippen LogP contribution is -2.53. The van der Waals surface area contributed by atoms with Crippen LogP contribution < -0.4 is 10.6 Å². The number of nitrogens with one attached hydrogen (secondary N) is 2. The summed E-state index contributed by atoms with van der Waals surface area (Å²) in [6.07, 6.45) is 19.8. The van der Waals surface area contributed by atoms with Gasteiger partial charge in [-0.15, -0.1) is 12.4 Å². The van der Waals surface area contributed by atoms with Crippen molar-refractivity contribution in [3.05, 3.63) is 70.9 Å². The van der Waals surface area contributed by atoms with Gasteiger partial charge in [0.05, 0.1) is 12.1 Å². The number of nitrogens with zero attached hydrogens (tertiary/aromatic N) is 4. The molecule has 0 spiro atoms. The van der Waals surface area contributed by atoms with Gasteiger partial charge in [0.2, 0.25) is 0 Å². The Labute approximate surface area is 358 Å². The first-order chi connectivity index (χ1) is 27.5. The summed E-state index contributed by atoms with van der Waals surface area (Å²) < 4.78 is 0. The number of rotatable bonds is 11. The van der Waals surface area contributed by atoms with Crippen molar-refractivity contribution >= 4 is 42.0 Å². The van der Waals surface area contributed by atoms with Crippen molar-refractivity contribution in [1.82, 2.24) is 30.2 Å². The summed E-state index contributed by atoms with van der Waals surface area (Å²) in [7, 11) is 0. The number of piperidine rings is 2. The molecule has 0 aromatic carbocycles. The maximum Gasteiger partial charge on any atom is 0.320 e. The second-order valence-corrected chi connectivity index (χ2v) is 17.9. The van der Waals surface area contributed by atoms with Crippen molar-refractivity contribution in [3.8, 4) is 0 Å². The van der Waals surface area contributed by atoms with Crippen LogP contribution in [-0.4, -0.2) is 130 Å². The highest BCUT2D eigenvalue weighted by molar-refractivity contribution is 6.20. The largest absolute Gasteiger partial charge is 0.480 e. The molecule has 0 radical (unpaired) electrons. The third kappa shape index (κ3) is 11.2. The second kappa shape index (κ2) is 21.0. The Kier molecular flexibility index (Phi) is 17.0. The maximum absolute atomic E-state index is 13.1. The maximum atomic E-state index is 13.1. The minimum absolute atomic E-state index is 0. The fraction of sp³-hybridized carbons (Fsp3) is 0.630. The lowest BCUT2D eigenvalue weighted by atomic mass is 9.81. The van der Waals surface area contributed by atoms with E-state index in [4.69, 9.17) is 5.11 Å². The Morgan fingerprint density at radius 2 is 1.02 bits per heavy atom. The summed E-state index contributed by atoms with van der Waals surface area (Å²) >= 11 is 0. The third-order valence-electron chi connectivity index (χ3n) is 13.0. The van der Waals surface area contributed by atoms with Crippen LogP contribution in [0.1, 0.15) is 88.0 Å². The fourth-order valence-electron chi connectivity index (χ4n) is 9.23. The van der Waals surface area contributed by atoms with Crippen LogP contribution in [0, 0.1) is 23.7 Å². The SMILES string of the molecule is CC1=CC=CC2C1C=C(C(=O)NCC1CCN(C(C)C(=O)O)CC1)C(=O)N2C(C)C.CC1=CC=CC2C1C=C(C(=O)NCC1CCN(C(C)C)CC1)C(=O)N2C(C)C.Cl. The Hall–Kier alpha value is -4.00. The van der Waals surface area contributed by atoms with Crippen LogP contribution in [0.15, 0.2) is 70.9 Å². The number of likely N-dealkylation sites (tertiary alicyclic amines) is 2. The monoisotopic (exact) mass is 836 g/mol. The predicted octanol–water partition coefficient (Wildman–Crippen LogP) is 5.29. The molecule has 5 atom stereocenters. The first-order valence-electron chi connectivity index (χ1n) is 21.6. The van der Waals surface area contributed by atoms with Crippen LogP contribution in [0.25, 0.3) is 0 Å². The lowest BCUT2D eigenvalue weighted by molar-refractivity contribution is -0.143. The number of aliphatic carboxylic acids is 1. The Bertz CT molecular complexity index is 1750. The number of carbonyl (C=O) groups excluding carboxylic acids is 4. The van der Waals surface area contributed by atoms with E-state index >= 15 is 0 Å². The summed E-state index contributed by atoms with van der Waals surface area (Å²) in [6, 6.07) is 0.108. The smallest absolute Gasteiger partial charge is 0.320 e. The lowest BCUT2D eigenvalue weighted by Gasteiger charge is -2.42. The molecule has 2 fully saturated rings. The third-order valence-corrected chi connectivity index (χ3v) is 13.0. The highest BCUT2D eigenvalue weighted by atomic mass is 35.5. The Morgan fingerprint density at radius 1 is 0.644 bits per heavy atom. The summed E-state index contributed by atoms with van der Waals surface area (Å²) in [6.45, 7) is 23.0. The molecule has 13 heteroatoms.